The number of methoxy groups -OCH3 is 1. The second-order valence-electron chi connectivity index (χ2n) is 17.4. The number of terminal acetylenes is 1. The summed E-state index contributed by atoms with van der Waals surface area (Å²) in [5.74, 6) is -5.68. The van der Waals surface area contributed by atoms with Gasteiger partial charge in [-0.25, -0.2) is 4.79 Å². The van der Waals surface area contributed by atoms with E-state index in [0.29, 0.717) is 56.9 Å². The number of ether oxygens (including phenoxy) is 3. The monoisotopic (exact) mass is 829 g/mol. The number of allylic oxidation sites excluding steroid dienone is 4. The molecular formula is C46H71NO12. The number of fused-ring (bicyclic) bond motifs is 3. The maximum atomic E-state index is 14.2. The highest BCUT2D eigenvalue weighted by atomic mass is 16.6. The largest absolute Gasteiger partial charge is 0.456 e. The zero-order valence-corrected chi connectivity index (χ0v) is 36.1. The van der Waals surface area contributed by atoms with Crippen LogP contribution >= 0.6 is 0 Å². The Hall–Kier alpha value is -3.22. The van der Waals surface area contributed by atoms with Gasteiger partial charge < -0.3 is 44.6 Å². The highest BCUT2D eigenvalue weighted by Crippen LogP contribution is 2.38. The van der Waals surface area contributed by atoms with Crippen LogP contribution in [-0.4, -0.2) is 123 Å². The number of carbonyl (C=O) groups is 4. The first kappa shape index (κ1) is 50.1. The van der Waals surface area contributed by atoms with Crippen LogP contribution in [0.25, 0.3) is 0 Å². The smallest absolute Gasteiger partial charge is 0.329 e. The van der Waals surface area contributed by atoms with E-state index in [1.807, 2.05) is 26.0 Å². The lowest BCUT2D eigenvalue weighted by Gasteiger charge is -2.44. The predicted molar refractivity (Wildman–Crippen MR) is 222 cm³/mol. The van der Waals surface area contributed by atoms with E-state index in [-0.39, 0.29) is 69.0 Å². The first-order valence-electron chi connectivity index (χ1n) is 21.4. The van der Waals surface area contributed by atoms with Crippen molar-refractivity contribution in [2.75, 3.05) is 26.9 Å². The molecule has 1 aliphatic carbocycles. The Balaban J connectivity index is 0.00000300. The van der Waals surface area contributed by atoms with E-state index in [2.05, 4.69) is 18.9 Å². The molecule has 4 rings (SSSR count). The molecule has 0 aromatic carbocycles. The molecule has 5 N–H and O–H groups in total. The molecular weight excluding hydrogens is 759 g/mol. The van der Waals surface area contributed by atoms with Crippen molar-refractivity contribution in [2.24, 2.45) is 35.5 Å². The second kappa shape index (κ2) is 23.7. The number of cyclic esters (lactones) is 1. The summed E-state index contributed by atoms with van der Waals surface area (Å²) in [6, 6.07) is -1.16. The molecule has 0 spiro atoms. The number of ketones is 2. The Labute approximate surface area is 351 Å². The maximum absolute atomic E-state index is 14.2. The Kier molecular flexibility index (Phi) is 20.1. The van der Waals surface area contributed by atoms with Gasteiger partial charge >= 0.3 is 5.97 Å². The molecule has 4 aliphatic rings. The van der Waals surface area contributed by atoms with Crippen molar-refractivity contribution >= 4 is 23.4 Å². The Bertz CT molecular complexity index is 1540. The molecule has 13 nitrogen and oxygen atoms in total. The summed E-state index contributed by atoms with van der Waals surface area (Å²) in [5, 5.41) is 53.9. The molecule has 3 fully saturated rings. The Morgan fingerprint density at radius 3 is 2.34 bits per heavy atom. The molecule has 2 bridgehead atoms. The van der Waals surface area contributed by atoms with E-state index >= 15 is 0 Å². The van der Waals surface area contributed by atoms with E-state index in [9.17, 15) is 44.7 Å². The van der Waals surface area contributed by atoms with Crippen LogP contribution in [0, 0.1) is 47.9 Å². The van der Waals surface area contributed by atoms with E-state index in [1.165, 1.54) is 7.11 Å². The fourth-order valence-electron chi connectivity index (χ4n) is 9.32. The van der Waals surface area contributed by atoms with Gasteiger partial charge in [-0.15, -0.1) is 18.9 Å². The van der Waals surface area contributed by atoms with Crippen LogP contribution in [0.1, 0.15) is 112 Å². The zero-order valence-electron chi connectivity index (χ0n) is 36.1. The number of aliphatic hydroxyl groups excluding tert-OH is 4. The fraction of sp³-hybridized carbons (Fsp3) is 0.739. The summed E-state index contributed by atoms with van der Waals surface area (Å²) in [4.78, 5) is 57.2. The van der Waals surface area contributed by atoms with Crippen molar-refractivity contribution in [3.05, 3.63) is 36.0 Å². The quantitative estimate of drug-likeness (QED) is 0.106. The SMILES string of the molecule is C#CC.C=CC[C@@H]1/C=C(\C)C[C@H](C)C[C@H](OC)[C@H]2O[C@](O)(CC[C@@H]2CO)C(=O)C(=O)N2CCCCC2C(=O)O[C@H](/C(C)=C/[C@@H]2CC[C@@H](O)[C@H](CO)C2)[C@H](C)[C@@H](O)CC1=O. The molecule has 13 atom stereocenters. The van der Waals surface area contributed by atoms with Gasteiger partial charge in [-0.1, -0.05) is 37.6 Å². The minimum atomic E-state index is -2.51. The van der Waals surface area contributed by atoms with Crippen LogP contribution < -0.4 is 0 Å². The summed E-state index contributed by atoms with van der Waals surface area (Å²) >= 11 is 0. The Morgan fingerprint density at radius 2 is 1.71 bits per heavy atom. The van der Waals surface area contributed by atoms with Crippen molar-refractivity contribution in [1.82, 2.24) is 4.90 Å². The molecule has 332 valence electrons. The molecule has 13 heteroatoms. The van der Waals surface area contributed by atoms with Crippen LogP contribution in [0.3, 0.4) is 0 Å². The molecule has 1 saturated carbocycles. The molecule has 2 saturated heterocycles. The van der Waals surface area contributed by atoms with Gasteiger partial charge in [-0.05, 0) is 102 Å². The summed E-state index contributed by atoms with van der Waals surface area (Å²) in [7, 11) is 1.49. The number of carbonyl (C=O) groups excluding carboxylic acids is 4. The highest BCUT2D eigenvalue weighted by molar-refractivity contribution is 6.39. The summed E-state index contributed by atoms with van der Waals surface area (Å²) in [5.41, 5.74) is 1.55. The van der Waals surface area contributed by atoms with Gasteiger partial charge in [-0.3, -0.25) is 14.4 Å². The molecule has 3 aliphatic heterocycles. The van der Waals surface area contributed by atoms with Crippen molar-refractivity contribution in [3.63, 3.8) is 0 Å². The van der Waals surface area contributed by atoms with Gasteiger partial charge in [0.1, 0.15) is 17.9 Å². The first-order valence-corrected chi connectivity index (χ1v) is 21.4. The number of hydrogen-bond acceptors (Lipinski definition) is 12. The topological polar surface area (TPSA) is 200 Å². The zero-order chi connectivity index (χ0) is 44.0. The number of nitrogens with zero attached hydrogens (tertiary/aromatic N) is 1. The molecule has 3 heterocycles. The average molecular weight is 830 g/mol. The van der Waals surface area contributed by atoms with Crippen molar-refractivity contribution in [2.45, 2.75) is 154 Å². The van der Waals surface area contributed by atoms with Gasteiger partial charge in [0.25, 0.3) is 11.7 Å². The lowest BCUT2D eigenvalue weighted by Crippen LogP contribution is -2.60. The third-order valence-corrected chi connectivity index (χ3v) is 12.7. The van der Waals surface area contributed by atoms with Crippen LogP contribution in [0.4, 0.5) is 0 Å². The standard InChI is InChI=1S/C43H67NO12.C3H4/c1-7-10-30-18-25(2)17-26(3)19-37(54-6)39-31(23-45)14-15-43(53,56-39)40(50)41(51)44-16-9-8-11-33(44)42(52)55-38(28(5)35(48)22-36(30)49)27(4)20-29-12-13-34(47)32(21-29)24-46;1-3-2/h7,18,20,26,28-35,37-39,45-48,53H,1,8-17,19,21-24H2,2-6H3;1H,2H3/b25-18+,27-20+;/t26-,28+,29-,30+,31+,32-,33?,34+,35-,37-,38+,39-,43+;/m0./s1. The van der Waals surface area contributed by atoms with Crippen LogP contribution in [0.2, 0.25) is 0 Å². The summed E-state index contributed by atoms with van der Waals surface area (Å²) in [6.07, 6.45) is 9.72. The number of Topliss-reactive ketones (excluding diaryl/α,β-unsaturated/α-hetero) is 2. The van der Waals surface area contributed by atoms with E-state index < -0.39 is 77.8 Å². The van der Waals surface area contributed by atoms with Gasteiger partial charge in [0, 0.05) is 63.4 Å². The molecule has 1 unspecified atom stereocenters. The third kappa shape index (κ3) is 13.4. The maximum Gasteiger partial charge on any atom is 0.329 e. The Morgan fingerprint density at radius 1 is 1.03 bits per heavy atom. The number of rotatable bonds is 7. The minimum Gasteiger partial charge on any atom is -0.456 e. The van der Waals surface area contributed by atoms with Crippen LogP contribution in [0.15, 0.2) is 36.0 Å². The van der Waals surface area contributed by atoms with Crippen molar-refractivity contribution in [3.8, 4) is 12.3 Å². The first-order chi connectivity index (χ1) is 28.0. The van der Waals surface area contributed by atoms with Gasteiger partial charge in [0.15, 0.2) is 0 Å². The van der Waals surface area contributed by atoms with Gasteiger partial charge in [-0.2, -0.15) is 0 Å². The number of piperidine rings is 1. The summed E-state index contributed by atoms with van der Waals surface area (Å²) < 4.78 is 18.2. The number of amides is 1. The molecule has 59 heavy (non-hydrogen) atoms. The highest BCUT2D eigenvalue weighted by Gasteiger charge is 2.52. The minimum absolute atomic E-state index is 0.0152. The molecule has 0 aromatic heterocycles. The van der Waals surface area contributed by atoms with Crippen LogP contribution in [0.5, 0.6) is 0 Å². The van der Waals surface area contributed by atoms with E-state index in [0.717, 1.165) is 10.5 Å². The normalized spacial score (nSPS) is 38.2. The lowest BCUT2D eigenvalue weighted by molar-refractivity contribution is -0.274. The van der Waals surface area contributed by atoms with Crippen LogP contribution in [-0.2, 0) is 33.4 Å². The number of esters is 1. The third-order valence-electron chi connectivity index (χ3n) is 12.7. The molecule has 1 amide bonds. The van der Waals surface area contributed by atoms with Crippen molar-refractivity contribution < 1.29 is 58.9 Å². The average Bonchev–Trinajstić information content (AvgIpc) is 3.21. The number of hydrogen-bond donors (Lipinski definition) is 5. The fourth-order valence-corrected chi connectivity index (χ4v) is 9.32. The predicted octanol–water partition coefficient (Wildman–Crippen LogP) is 4.22. The van der Waals surface area contributed by atoms with Gasteiger partial charge in [0.2, 0.25) is 5.79 Å². The molecule has 0 aromatic rings. The molecule has 0 radical (unpaired) electrons. The van der Waals surface area contributed by atoms with Gasteiger partial charge in [0.05, 0.1) is 24.4 Å². The second-order valence-corrected chi connectivity index (χ2v) is 17.4. The number of aliphatic hydroxyl groups is 5. The van der Waals surface area contributed by atoms with E-state index in [4.69, 9.17) is 14.2 Å². The summed E-state index contributed by atoms with van der Waals surface area (Å²) in [6.45, 7) is 12.5. The van der Waals surface area contributed by atoms with Crippen molar-refractivity contribution in [1.29, 1.82) is 0 Å². The lowest BCUT2D eigenvalue weighted by atomic mass is 9.78. The van der Waals surface area contributed by atoms with E-state index in [1.54, 1.807) is 26.8 Å².